The molecule has 0 aliphatic heterocycles. The molecule has 0 radical (unpaired) electrons. The lowest BCUT2D eigenvalue weighted by molar-refractivity contribution is -0.133. The average molecular weight is 264 g/mol. The highest BCUT2D eigenvalue weighted by Crippen LogP contribution is 2.15. The largest absolute Gasteiger partial charge is 0.427 e. The summed E-state index contributed by atoms with van der Waals surface area (Å²) in [4.78, 5) is 11.0. The van der Waals surface area contributed by atoms with E-state index < -0.39 is 0 Å². The first-order chi connectivity index (χ1) is 6.22. The molecule has 0 aliphatic rings. The highest BCUT2D eigenvalue weighted by Gasteiger charge is 2.02. The number of ether oxygens (including phenoxy) is 1. The Balaban J connectivity index is 2.54. The SMILES string of the molecule is O=C(CCBr)Oc1ccc(Cl)cc1. The number of esters is 1. The molecule has 0 amide bonds. The van der Waals surface area contributed by atoms with Gasteiger partial charge in [0.15, 0.2) is 0 Å². The quantitative estimate of drug-likeness (QED) is 0.476. The monoisotopic (exact) mass is 262 g/mol. The van der Waals surface area contributed by atoms with Crippen molar-refractivity contribution in [2.75, 3.05) is 5.33 Å². The summed E-state index contributed by atoms with van der Waals surface area (Å²) in [5.74, 6) is 0.273. The summed E-state index contributed by atoms with van der Waals surface area (Å²) in [6.45, 7) is 0. The fraction of sp³-hybridized carbons (Fsp3) is 0.222. The molecule has 0 bridgehead atoms. The smallest absolute Gasteiger partial charge is 0.312 e. The summed E-state index contributed by atoms with van der Waals surface area (Å²) in [7, 11) is 0. The third kappa shape index (κ3) is 3.79. The van der Waals surface area contributed by atoms with Crippen LogP contribution in [0.2, 0.25) is 5.02 Å². The normalized spacial score (nSPS) is 9.69. The van der Waals surface area contributed by atoms with Crippen LogP contribution in [-0.2, 0) is 4.79 Å². The Kier molecular flexibility index (Phi) is 4.25. The van der Waals surface area contributed by atoms with E-state index in [1.165, 1.54) is 0 Å². The van der Waals surface area contributed by atoms with Crippen molar-refractivity contribution in [2.45, 2.75) is 6.42 Å². The van der Waals surface area contributed by atoms with Gasteiger partial charge < -0.3 is 4.74 Å². The minimum Gasteiger partial charge on any atom is -0.427 e. The first-order valence-electron chi connectivity index (χ1n) is 3.74. The number of alkyl halides is 1. The maximum Gasteiger partial charge on any atom is 0.312 e. The molecule has 1 aromatic rings. The number of carbonyl (C=O) groups excluding carboxylic acids is 1. The Hall–Kier alpha value is -0.540. The Morgan fingerprint density at radius 3 is 2.54 bits per heavy atom. The first kappa shape index (κ1) is 10.5. The van der Waals surface area contributed by atoms with E-state index in [-0.39, 0.29) is 5.97 Å². The third-order valence-electron chi connectivity index (χ3n) is 1.34. The van der Waals surface area contributed by atoms with Crippen LogP contribution in [0.3, 0.4) is 0 Å². The second kappa shape index (κ2) is 5.25. The zero-order valence-corrected chi connectivity index (χ0v) is 9.14. The van der Waals surface area contributed by atoms with E-state index in [2.05, 4.69) is 15.9 Å². The molecule has 0 heterocycles. The Bertz CT molecular complexity index is 284. The molecule has 0 saturated heterocycles. The maximum atomic E-state index is 11.0. The molecule has 0 saturated carbocycles. The lowest BCUT2D eigenvalue weighted by atomic mass is 10.3. The minimum absolute atomic E-state index is 0.251. The van der Waals surface area contributed by atoms with E-state index in [0.717, 1.165) is 0 Å². The van der Waals surface area contributed by atoms with Gasteiger partial charge in [-0.1, -0.05) is 27.5 Å². The number of hydrogen-bond acceptors (Lipinski definition) is 2. The molecule has 0 unspecified atom stereocenters. The predicted octanol–water partition coefficient (Wildman–Crippen LogP) is 3.03. The summed E-state index contributed by atoms with van der Waals surface area (Å²) >= 11 is 8.81. The number of rotatable bonds is 3. The Labute approximate surface area is 90.0 Å². The van der Waals surface area contributed by atoms with Crippen molar-refractivity contribution in [3.05, 3.63) is 29.3 Å². The third-order valence-corrected chi connectivity index (χ3v) is 1.99. The zero-order valence-electron chi connectivity index (χ0n) is 6.80. The average Bonchev–Trinajstić information content (AvgIpc) is 2.09. The van der Waals surface area contributed by atoms with Gasteiger partial charge in [-0.15, -0.1) is 0 Å². The molecule has 0 N–H and O–H groups in total. The van der Waals surface area contributed by atoms with Gasteiger partial charge in [-0.05, 0) is 24.3 Å². The second-order valence-electron chi connectivity index (χ2n) is 2.37. The van der Waals surface area contributed by atoms with Gasteiger partial charge in [0.25, 0.3) is 0 Å². The molecule has 0 fully saturated rings. The summed E-state index contributed by atoms with van der Waals surface area (Å²) in [6.07, 6.45) is 0.364. The molecule has 2 nitrogen and oxygen atoms in total. The van der Waals surface area contributed by atoms with Crippen LogP contribution in [0.4, 0.5) is 0 Å². The van der Waals surface area contributed by atoms with Crippen LogP contribution in [0, 0.1) is 0 Å². The van der Waals surface area contributed by atoms with Crippen molar-refractivity contribution >= 4 is 33.5 Å². The minimum atomic E-state index is -0.251. The molecule has 0 aliphatic carbocycles. The van der Waals surface area contributed by atoms with Crippen molar-refractivity contribution in [1.29, 1.82) is 0 Å². The van der Waals surface area contributed by atoms with Crippen molar-refractivity contribution in [2.24, 2.45) is 0 Å². The molecular weight excluding hydrogens is 255 g/mol. The second-order valence-corrected chi connectivity index (χ2v) is 3.60. The number of halogens is 2. The van der Waals surface area contributed by atoms with E-state index in [1.807, 2.05) is 0 Å². The fourth-order valence-corrected chi connectivity index (χ4v) is 1.21. The topological polar surface area (TPSA) is 26.3 Å². The molecular formula is C9H8BrClO2. The van der Waals surface area contributed by atoms with Gasteiger partial charge in [-0.3, -0.25) is 4.79 Å². The Morgan fingerprint density at radius 1 is 1.38 bits per heavy atom. The van der Waals surface area contributed by atoms with Gasteiger partial charge in [-0.2, -0.15) is 0 Å². The maximum absolute atomic E-state index is 11.0. The highest BCUT2D eigenvalue weighted by molar-refractivity contribution is 9.09. The van der Waals surface area contributed by atoms with Crippen LogP contribution in [0.15, 0.2) is 24.3 Å². The highest BCUT2D eigenvalue weighted by atomic mass is 79.9. The molecule has 1 aromatic carbocycles. The van der Waals surface area contributed by atoms with Crippen molar-refractivity contribution in [3.63, 3.8) is 0 Å². The van der Waals surface area contributed by atoms with Gasteiger partial charge in [0.05, 0.1) is 6.42 Å². The lowest BCUT2D eigenvalue weighted by Gasteiger charge is -2.01. The van der Waals surface area contributed by atoms with Gasteiger partial charge in [0.1, 0.15) is 5.75 Å². The molecule has 70 valence electrons. The van der Waals surface area contributed by atoms with E-state index in [0.29, 0.717) is 22.5 Å². The van der Waals surface area contributed by atoms with E-state index in [9.17, 15) is 4.79 Å². The van der Waals surface area contributed by atoms with Gasteiger partial charge in [0.2, 0.25) is 0 Å². The van der Waals surface area contributed by atoms with Gasteiger partial charge in [-0.25, -0.2) is 0 Å². The molecule has 13 heavy (non-hydrogen) atoms. The molecule has 0 atom stereocenters. The van der Waals surface area contributed by atoms with E-state index in [1.54, 1.807) is 24.3 Å². The number of benzene rings is 1. The molecule has 1 rings (SSSR count). The van der Waals surface area contributed by atoms with Crippen molar-refractivity contribution in [1.82, 2.24) is 0 Å². The number of carbonyl (C=O) groups is 1. The predicted molar refractivity (Wildman–Crippen MR) is 55.5 cm³/mol. The van der Waals surface area contributed by atoms with Crippen molar-refractivity contribution in [3.8, 4) is 5.75 Å². The van der Waals surface area contributed by atoms with Crippen LogP contribution in [-0.4, -0.2) is 11.3 Å². The van der Waals surface area contributed by atoms with Crippen molar-refractivity contribution < 1.29 is 9.53 Å². The summed E-state index contributed by atoms with van der Waals surface area (Å²) in [6, 6.07) is 6.68. The van der Waals surface area contributed by atoms with Crippen LogP contribution in [0.5, 0.6) is 5.75 Å². The zero-order chi connectivity index (χ0) is 9.68. The summed E-state index contributed by atoms with van der Waals surface area (Å²) in [5.41, 5.74) is 0. The summed E-state index contributed by atoms with van der Waals surface area (Å²) in [5, 5.41) is 1.24. The molecule has 0 spiro atoms. The lowest BCUT2D eigenvalue weighted by Crippen LogP contribution is -2.07. The summed E-state index contributed by atoms with van der Waals surface area (Å²) < 4.78 is 4.98. The van der Waals surface area contributed by atoms with Crippen LogP contribution >= 0.6 is 27.5 Å². The van der Waals surface area contributed by atoms with E-state index in [4.69, 9.17) is 16.3 Å². The molecule has 0 aromatic heterocycles. The van der Waals surface area contributed by atoms with E-state index >= 15 is 0 Å². The van der Waals surface area contributed by atoms with Gasteiger partial charge in [0, 0.05) is 10.4 Å². The molecule has 4 heteroatoms. The van der Waals surface area contributed by atoms with Crippen LogP contribution < -0.4 is 4.74 Å². The van der Waals surface area contributed by atoms with Gasteiger partial charge >= 0.3 is 5.97 Å². The standard InChI is InChI=1S/C9H8BrClO2/c10-6-5-9(12)13-8-3-1-7(11)2-4-8/h1-4H,5-6H2. The Morgan fingerprint density at radius 2 is 2.00 bits per heavy atom. The van der Waals surface area contributed by atoms with Crippen LogP contribution in [0.25, 0.3) is 0 Å². The number of hydrogen-bond donors (Lipinski definition) is 0. The fourth-order valence-electron chi connectivity index (χ4n) is 0.762. The van der Waals surface area contributed by atoms with Crippen LogP contribution in [0.1, 0.15) is 6.42 Å². The first-order valence-corrected chi connectivity index (χ1v) is 5.24.